The van der Waals surface area contributed by atoms with E-state index < -0.39 is 0 Å². The van der Waals surface area contributed by atoms with Gasteiger partial charge in [-0.05, 0) is 40.0 Å². The molecule has 1 saturated carbocycles. The molecule has 4 heteroatoms. The number of likely N-dealkylation sites (N-methyl/N-ethyl adjacent to an activating group) is 1. The number of hydrogen-bond donors (Lipinski definition) is 1. The molecule has 1 aliphatic carbocycles. The minimum absolute atomic E-state index is 0.0737. The second-order valence-corrected chi connectivity index (χ2v) is 7.25. The average Bonchev–Trinajstić information content (AvgIpc) is 2.41. The Bertz CT molecular complexity index is 341. The summed E-state index contributed by atoms with van der Waals surface area (Å²) in [5.41, 5.74) is -0.248. The van der Waals surface area contributed by atoms with E-state index in [1.54, 1.807) is 4.90 Å². The van der Waals surface area contributed by atoms with Gasteiger partial charge in [0.1, 0.15) is 0 Å². The van der Waals surface area contributed by atoms with Crippen molar-refractivity contribution in [2.45, 2.75) is 78.2 Å². The summed E-state index contributed by atoms with van der Waals surface area (Å²) in [6.07, 6.45) is 8.07. The van der Waals surface area contributed by atoms with E-state index in [2.05, 4.69) is 5.32 Å². The molecule has 1 aliphatic rings. The Hall–Kier alpha value is -1.06. The van der Waals surface area contributed by atoms with Crippen molar-refractivity contribution in [2.75, 3.05) is 13.1 Å². The highest BCUT2D eigenvalue weighted by atomic mass is 16.2. The van der Waals surface area contributed by atoms with Crippen LogP contribution in [0.2, 0.25) is 0 Å². The van der Waals surface area contributed by atoms with Gasteiger partial charge in [0, 0.05) is 18.5 Å². The summed E-state index contributed by atoms with van der Waals surface area (Å²) in [7, 11) is 0. The van der Waals surface area contributed by atoms with Crippen molar-refractivity contribution in [1.82, 2.24) is 10.2 Å². The first-order valence-electron chi connectivity index (χ1n) is 8.40. The van der Waals surface area contributed by atoms with E-state index >= 15 is 0 Å². The smallest absolute Gasteiger partial charge is 0.240 e. The minimum Gasteiger partial charge on any atom is -0.350 e. The third kappa shape index (κ3) is 7.49. The van der Waals surface area contributed by atoms with Gasteiger partial charge in [-0.3, -0.25) is 9.59 Å². The second-order valence-electron chi connectivity index (χ2n) is 7.25. The number of rotatable bonds is 6. The van der Waals surface area contributed by atoms with Crippen LogP contribution in [0.15, 0.2) is 0 Å². The van der Waals surface area contributed by atoms with Crippen molar-refractivity contribution in [2.24, 2.45) is 5.92 Å². The number of carbonyl (C=O) groups excluding carboxylic acids is 2. The Morgan fingerprint density at radius 3 is 2.29 bits per heavy atom. The van der Waals surface area contributed by atoms with E-state index in [0.717, 1.165) is 6.42 Å². The van der Waals surface area contributed by atoms with Crippen LogP contribution in [-0.2, 0) is 9.59 Å². The lowest BCUT2D eigenvalue weighted by Crippen LogP contribution is -2.47. The van der Waals surface area contributed by atoms with E-state index in [1.807, 2.05) is 27.7 Å². The normalized spacial score (nSPS) is 16.6. The van der Waals surface area contributed by atoms with Crippen LogP contribution in [0, 0.1) is 5.92 Å². The van der Waals surface area contributed by atoms with Crippen LogP contribution < -0.4 is 5.32 Å². The van der Waals surface area contributed by atoms with E-state index in [9.17, 15) is 9.59 Å². The van der Waals surface area contributed by atoms with Crippen molar-refractivity contribution < 1.29 is 9.59 Å². The zero-order valence-electron chi connectivity index (χ0n) is 14.2. The van der Waals surface area contributed by atoms with Gasteiger partial charge in [-0.2, -0.15) is 0 Å². The molecule has 2 amide bonds. The lowest BCUT2D eigenvalue weighted by Gasteiger charge is -2.26. The number of nitrogens with zero attached hydrogens (tertiary/aromatic N) is 1. The fourth-order valence-corrected chi connectivity index (χ4v) is 2.97. The van der Waals surface area contributed by atoms with Gasteiger partial charge >= 0.3 is 0 Å². The first-order valence-corrected chi connectivity index (χ1v) is 8.40. The Balaban J connectivity index is 2.36. The molecule has 0 aromatic heterocycles. The highest BCUT2D eigenvalue weighted by molar-refractivity contribution is 5.85. The molecule has 0 aromatic carbocycles. The molecular formula is C17H32N2O2. The van der Waals surface area contributed by atoms with Crippen molar-refractivity contribution in [3.63, 3.8) is 0 Å². The molecular weight excluding hydrogens is 264 g/mol. The van der Waals surface area contributed by atoms with Crippen molar-refractivity contribution in [3.05, 3.63) is 0 Å². The molecule has 4 nitrogen and oxygen atoms in total. The fraction of sp³-hybridized carbons (Fsp3) is 0.882. The van der Waals surface area contributed by atoms with Crippen LogP contribution in [0.1, 0.15) is 72.6 Å². The molecule has 1 fully saturated rings. The molecule has 0 bridgehead atoms. The van der Waals surface area contributed by atoms with Crippen LogP contribution in [0.4, 0.5) is 0 Å². The summed E-state index contributed by atoms with van der Waals surface area (Å²) >= 11 is 0. The van der Waals surface area contributed by atoms with E-state index in [1.165, 1.54) is 32.1 Å². The Morgan fingerprint density at radius 1 is 1.14 bits per heavy atom. The summed E-state index contributed by atoms with van der Waals surface area (Å²) in [5.74, 6) is 0.757. The Labute approximate surface area is 129 Å². The average molecular weight is 296 g/mol. The van der Waals surface area contributed by atoms with Gasteiger partial charge in [-0.25, -0.2) is 0 Å². The number of nitrogens with one attached hydrogen (secondary N) is 1. The molecule has 0 spiro atoms. The number of carbonyl (C=O) groups is 2. The van der Waals surface area contributed by atoms with Gasteiger partial charge in [0.15, 0.2) is 0 Å². The number of amides is 2. The molecule has 0 saturated heterocycles. The predicted octanol–water partition coefficient (Wildman–Crippen LogP) is 3.11. The lowest BCUT2D eigenvalue weighted by atomic mass is 9.86. The summed E-state index contributed by atoms with van der Waals surface area (Å²) in [6, 6.07) is 0. The maximum Gasteiger partial charge on any atom is 0.240 e. The van der Waals surface area contributed by atoms with Crippen molar-refractivity contribution in [1.29, 1.82) is 0 Å². The van der Waals surface area contributed by atoms with Crippen molar-refractivity contribution >= 4 is 11.8 Å². The summed E-state index contributed by atoms with van der Waals surface area (Å²) < 4.78 is 0. The summed E-state index contributed by atoms with van der Waals surface area (Å²) in [5, 5.41) is 2.91. The maximum atomic E-state index is 12.3. The van der Waals surface area contributed by atoms with E-state index in [-0.39, 0.29) is 23.9 Å². The maximum absolute atomic E-state index is 12.3. The Kier molecular flexibility index (Phi) is 7.20. The quantitative estimate of drug-likeness (QED) is 0.818. The van der Waals surface area contributed by atoms with Crippen LogP contribution in [0.3, 0.4) is 0 Å². The molecule has 0 aliphatic heterocycles. The van der Waals surface area contributed by atoms with Gasteiger partial charge in [0.2, 0.25) is 11.8 Å². The van der Waals surface area contributed by atoms with Crippen LogP contribution in [0.25, 0.3) is 0 Å². The highest BCUT2D eigenvalue weighted by Crippen LogP contribution is 2.27. The van der Waals surface area contributed by atoms with Crippen LogP contribution in [0.5, 0.6) is 0 Å². The fourth-order valence-electron chi connectivity index (χ4n) is 2.97. The topological polar surface area (TPSA) is 49.4 Å². The molecule has 0 unspecified atom stereocenters. The van der Waals surface area contributed by atoms with E-state index in [4.69, 9.17) is 0 Å². The molecule has 21 heavy (non-hydrogen) atoms. The first kappa shape index (κ1) is 18.0. The molecule has 0 heterocycles. The zero-order chi connectivity index (χ0) is 15.9. The minimum atomic E-state index is -0.248. The van der Waals surface area contributed by atoms with Gasteiger partial charge in [0.25, 0.3) is 0 Å². The SMILES string of the molecule is CCN(CC(=O)NC(C)(C)C)C(=O)CCC1CCCCC1. The molecule has 1 N–H and O–H groups in total. The third-order valence-electron chi connectivity index (χ3n) is 4.07. The monoisotopic (exact) mass is 296 g/mol. The van der Waals surface area contributed by atoms with Crippen LogP contribution >= 0.6 is 0 Å². The molecule has 0 radical (unpaired) electrons. The highest BCUT2D eigenvalue weighted by Gasteiger charge is 2.21. The summed E-state index contributed by atoms with van der Waals surface area (Å²) in [6.45, 7) is 8.56. The van der Waals surface area contributed by atoms with Crippen molar-refractivity contribution in [3.8, 4) is 0 Å². The second kappa shape index (κ2) is 8.40. The summed E-state index contributed by atoms with van der Waals surface area (Å²) in [4.78, 5) is 25.9. The van der Waals surface area contributed by atoms with Gasteiger partial charge in [0.05, 0.1) is 6.54 Å². The predicted molar refractivity (Wildman–Crippen MR) is 86.0 cm³/mol. The largest absolute Gasteiger partial charge is 0.350 e. The molecule has 1 rings (SSSR count). The first-order chi connectivity index (χ1) is 9.81. The molecule has 0 atom stereocenters. The Morgan fingerprint density at radius 2 is 1.76 bits per heavy atom. The van der Waals surface area contributed by atoms with E-state index in [0.29, 0.717) is 18.9 Å². The molecule has 0 aromatic rings. The van der Waals surface area contributed by atoms with Gasteiger partial charge < -0.3 is 10.2 Å². The lowest BCUT2D eigenvalue weighted by molar-refractivity contribution is -0.136. The number of hydrogen-bond acceptors (Lipinski definition) is 2. The van der Waals surface area contributed by atoms with Crippen LogP contribution in [-0.4, -0.2) is 35.3 Å². The van der Waals surface area contributed by atoms with Gasteiger partial charge in [-0.1, -0.05) is 32.1 Å². The third-order valence-corrected chi connectivity index (χ3v) is 4.07. The standard InChI is InChI=1S/C17H32N2O2/c1-5-19(13-15(20)18-17(2,3)4)16(21)12-11-14-9-7-6-8-10-14/h14H,5-13H2,1-4H3,(H,18,20). The van der Waals surface area contributed by atoms with Gasteiger partial charge in [-0.15, -0.1) is 0 Å². The molecule has 122 valence electrons. The zero-order valence-corrected chi connectivity index (χ0v) is 14.2.